The maximum atomic E-state index is 13.6. The number of hydrogen-bond acceptors (Lipinski definition) is 7. The molecule has 0 N–H and O–H groups in total. The lowest BCUT2D eigenvalue weighted by Crippen LogP contribution is -2.47. The highest BCUT2D eigenvalue weighted by Crippen LogP contribution is 2.44. The monoisotopic (exact) mass is 540 g/mol. The van der Waals surface area contributed by atoms with Gasteiger partial charge in [0.05, 0.1) is 39.2 Å². The Labute approximate surface area is 231 Å². The summed E-state index contributed by atoms with van der Waals surface area (Å²) in [4.78, 5) is 27.2. The highest BCUT2D eigenvalue weighted by Gasteiger charge is 2.44. The molecule has 9 heteroatoms. The van der Waals surface area contributed by atoms with Crippen LogP contribution in [-0.2, 0) is 9.47 Å². The van der Waals surface area contributed by atoms with Crippen LogP contribution >= 0.6 is 0 Å². The van der Waals surface area contributed by atoms with E-state index in [2.05, 4.69) is 13.8 Å². The number of aryl methyl sites for hydroxylation is 1. The predicted molar refractivity (Wildman–Crippen MR) is 149 cm³/mol. The molecule has 0 radical (unpaired) electrons. The van der Waals surface area contributed by atoms with Crippen molar-refractivity contribution in [2.24, 2.45) is 0 Å². The van der Waals surface area contributed by atoms with Crippen molar-refractivity contribution >= 4 is 17.9 Å². The average Bonchev–Trinajstić information content (AvgIpc) is 3.27. The Kier molecular flexibility index (Phi) is 9.37. The summed E-state index contributed by atoms with van der Waals surface area (Å²) >= 11 is 0. The molecule has 0 aliphatic carbocycles. The molecule has 1 aliphatic rings. The molecular formula is C30H40N2O7. The Morgan fingerprint density at radius 2 is 1.36 bits per heavy atom. The fourth-order valence-electron chi connectivity index (χ4n) is 4.52. The van der Waals surface area contributed by atoms with Gasteiger partial charge in [-0.3, -0.25) is 0 Å². The number of nitrogens with zero attached hydrogens (tertiary/aromatic N) is 2. The topological polar surface area (TPSA) is 86.8 Å². The van der Waals surface area contributed by atoms with Gasteiger partial charge in [-0.15, -0.1) is 0 Å². The number of ether oxygens (including phenoxy) is 5. The zero-order valence-corrected chi connectivity index (χ0v) is 24.5. The van der Waals surface area contributed by atoms with E-state index in [1.165, 1.54) is 10.0 Å². The summed E-state index contributed by atoms with van der Waals surface area (Å²) in [5.74, 6) is 1.95. The van der Waals surface area contributed by atoms with E-state index in [9.17, 15) is 9.59 Å². The van der Waals surface area contributed by atoms with Gasteiger partial charge in [-0.05, 0) is 93.6 Å². The van der Waals surface area contributed by atoms with Gasteiger partial charge in [-0.25, -0.2) is 9.59 Å². The Balaban J connectivity index is 2.30. The zero-order valence-electron chi connectivity index (χ0n) is 24.5. The lowest BCUT2D eigenvalue weighted by molar-refractivity contribution is -0.0112. The van der Waals surface area contributed by atoms with Crippen LogP contribution in [0.4, 0.5) is 9.59 Å². The van der Waals surface area contributed by atoms with Crippen molar-refractivity contribution in [1.29, 1.82) is 0 Å². The smallest absolute Gasteiger partial charge is 0.434 e. The standard InChI is InChI=1S/C30H40N2O7/c1-17(2)22-15-23(20(7)13-27(22)36-9)25-16-24(21-11-12-26(35-8)28(14-21)37-10)31(29(33)38-18(3)4)32(25)30(34)39-19(5)6/h11-19,25H,1-10H3. The molecular weight excluding hydrogens is 500 g/mol. The van der Waals surface area contributed by atoms with Gasteiger partial charge in [-0.2, -0.15) is 10.0 Å². The van der Waals surface area contributed by atoms with Gasteiger partial charge >= 0.3 is 12.2 Å². The molecule has 0 saturated heterocycles. The second kappa shape index (κ2) is 12.3. The quantitative estimate of drug-likeness (QED) is 0.362. The molecule has 2 amide bonds. The number of amides is 2. The second-order valence-electron chi connectivity index (χ2n) is 10.2. The highest BCUT2D eigenvalue weighted by atomic mass is 16.6. The highest BCUT2D eigenvalue weighted by molar-refractivity contribution is 5.88. The Morgan fingerprint density at radius 3 is 1.90 bits per heavy atom. The van der Waals surface area contributed by atoms with E-state index in [-0.39, 0.29) is 5.92 Å². The molecule has 39 heavy (non-hydrogen) atoms. The predicted octanol–water partition coefficient (Wildman–Crippen LogP) is 6.85. The minimum Gasteiger partial charge on any atom is -0.496 e. The van der Waals surface area contributed by atoms with Crippen LogP contribution in [0.2, 0.25) is 0 Å². The molecule has 0 bridgehead atoms. The fourth-order valence-corrected chi connectivity index (χ4v) is 4.52. The van der Waals surface area contributed by atoms with E-state index in [0.717, 1.165) is 22.4 Å². The van der Waals surface area contributed by atoms with Gasteiger partial charge < -0.3 is 23.7 Å². The van der Waals surface area contributed by atoms with E-state index in [1.807, 2.05) is 25.1 Å². The van der Waals surface area contributed by atoms with Gasteiger partial charge in [0.1, 0.15) is 11.8 Å². The first-order chi connectivity index (χ1) is 18.4. The van der Waals surface area contributed by atoms with Crippen LogP contribution < -0.4 is 14.2 Å². The van der Waals surface area contributed by atoms with Crippen molar-refractivity contribution in [3.05, 3.63) is 58.7 Å². The van der Waals surface area contributed by atoms with Crippen LogP contribution in [0.15, 0.2) is 36.4 Å². The lowest BCUT2D eigenvalue weighted by Gasteiger charge is -2.34. The summed E-state index contributed by atoms with van der Waals surface area (Å²) in [6, 6.07) is 8.63. The maximum Gasteiger partial charge on any atom is 0.434 e. The number of carbonyl (C=O) groups is 2. The molecule has 0 fully saturated rings. The average molecular weight is 541 g/mol. The van der Waals surface area contributed by atoms with E-state index in [4.69, 9.17) is 23.7 Å². The fraction of sp³-hybridized carbons (Fsp3) is 0.467. The molecule has 1 unspecified atom stereocenters. The number of rotatable bonds is 8. The van der Waals surface area contributed by atoms with Crippen LogP contribution in [0.25, 0.3) is 5.70 Å². The molecule has 3 rings (SSSR count). The number of hydrazine groups is 1. The van der Waals surface area contributed by atoms with Gasteiger partial charge in [0, 0.05) is 5.56 Å². The van der Waals surface area contributed by atoms with E-state index in [0.29, 0.717) is 22.8 Å². The summed E-state index contributed by atoms with van der Waals surface area (Å²) in [5, 5.41) is 2.56. The zero-order chi connectivity index (χ0) is 29.0. The van der Waals surface area contributed by atoms with Crippen molar-refractivity contribution in [1.82, 2.24) is 10.0 Å². The number of methoxy groups -OCH3 is 3. The Morgan fingerprint density at radius 1 is 0.769 bits per heavy atom. The third-order valence-corrected chi connectivity index (χ3v) is 6.29. The van der Waals surface area contributed by atoms with E-state index in [1.54, 1.807) is 67.2 Å². The molecule has 9 nitrogen and oxygen atoms in total. The SMILES string of the molecule is COc1ccc(C2=CC(c3cc(C(C)C)c(OC)cc3C)N(C(=O)OC(C)C)N2C(=O)OC(C)C)cc1OC. The van der Waals surface area contributed by atoms with Gasteiger partial charge in [0.15, 0.2) is 11.5 Å². The lowest BCUT2D eigenvalue weighted by atomic mass is 9.92. The third kappa shape index (κ3) is 6.24. The maximum absolute atomic E-state index is 13.6. The van der Waals surface area contributed by atoms with Crippen molar-refractivity contribution in [2.45, 2.75) is 72.6 Å². The Bertz CT molecular complexity index is 1240. The first-order valence-corrected chi connectivity index (χ1v) is 13.1. The molecule has 1 aliphatic heterocycles. The summed E-state index contributed by atoms with van der Waals surface area (Å²) in [6.45, 7) is 13.1. The number of hydrogen-bond donors (Lipinski definition) is 0. The third-order valence-electron chi connectivity index (χ3n) is 6.29. The molecule has 2 aromatic rings. The van der Waals surface area contributed by atoms with Crippen molar-refractivity contribution < 1.29 is 33.3 Å². The van der Waals surface area contributed by atoms with Crippen LogP contribution in [-0.4, -0.2) is 55.7 Å². The molecule has 1 atom stereocenters. The number of carbonyl (C=O) groups excluding carboxylic acids is 2. The Hall–Kier alpha value is -3.88. The largest absolute Gasteiger partial charge is 0.496 e. The van der Waals surface area contributed by atoms with E-state index >= 15 is 0 Å². The van der Waals surface area contributed by atoms with Crippen molar-refractivity contribution in [3.63, 3.8) is 0 Å². The summed E-state index contributed by atoms with van der Waals surface area (Å²) < 4.78 is 27.8. The first-order valence-electron chi connectivity index (χ1n) is 13.1. The van der Waals surface area contributed by atoms with Gasteiger partial charge in [0.2, 0.25) is 0 Å². The minimum absolute atomic E-state index is 0.160. The van der Waals surface area contributed by atoms with Crippen LogP contribution in [0.3, 0.4) is 0 Å². The first kappa shape index (κ1) is 29.7. The van der Waals surface area contributed by atoms with Crippen molar-refractivity contribution in [2.75, 3.05) is 21.3 Å². The second-order valence-corrected chi connectivity index (χ2v) is 10.2. The summed E-state index contributed by atoms with van der Waals surface area (Å²) in [7, 11) is 4.73. The normalized spacial score (nSPS) is 15.1. The molecule has 212 valence electrons. The summed E-state index contributed by atoms with van der Waals surface area (Å²) in [5.41, 5.74) is 3.80. The van der Waals surface area contributed by atoms with Crippen LogP contribution in [0.1, 0.15) is 75.8 Å². The van der Waals surface area contributed by atoms with Gasteiger partial charge in [0.25, 0.3) is 0 Å². The molecule has 0 aromatic heterocycles. The van der Waals surface area contributed by atoms with E-state index < -0.39 is 30.4 Å². The molecule has 0 spiro atoms. The number of benzene rings is 2. The van der Waals surface area contributed by atoms with Crippen LogP contribution in [0, 0.1) is 6.92 Å². The molecule has 0 saturated carbocycles. The molecule has 2 aromatic carbocycles. The summed E-state index contributed by atoms with van der Waals surface area (Å²) in [6.07, 6.45) is -0.340. The van der Waals surface area contributed by atoms with Crippen molar-refractivity contribution in [3.8, 4) is 17.2 Å². The molecule has 1 heterocycles. The van der Waals surface area contributed by atoms with Gasteiger partial charge in [-0.1, -0.05) is 13.8 Å². The minimum atomic E-state index is -0.704. The van der Waals surface area contributed by atoms with Crippen LogP contribution in [0.5, 0.6) is 17.2 Å².